The van der Waals surface area contributed by atoms with Crippen LogP contribution in [0.25, 0.3) is 6.08 Å². The first-order valence-corrected chi connectivity index (χ1v) is 11.7. The van der Waals surface area contributed by atoms with Gasteiger partial charge in [0.05, 0.1) is 28.8 Å². The topological polar surface area (TPSA) is 59.9 Å². The number of benzene rings is 1. The second-order valence-electron chi connectivity index (χ2n) is 7.68. The summed E-state index contributed by atoms with van der Waals surface area (Å²) in [7, 11) is 0. The van der Waals surface area contributed by atoms with E-state index >= 15 is 0 Å². The van der Waals surface area contributed by atoms with Crippen molar-refractivity contribution < 1.29 is 9.90 Å². The van der Waals surface area contributed by atoms with E-state index in [2.05, 4.69) is 28.1 Å². The maximum atomic E-state index is 11.6. The van der Waals surface area contributed by atoms with Crippen molar-refractivity contribution in [2.24, 2.45) is 5.92 Å². The number of nitrogens with zero attached hydrogens (tertiary/aromatic N) is 4. The van der Waals surface area contributed by atoms with Gasteiger partial charge in [-0.3, -0.25) is 9.32 Å². The summed E-state index contributed by atoms with van der Waals surface area (Å²) < 4.78 is 1.80. The molecule has 0 aliphatic carbocycles. The standard InChI is InChI=1S/C21H24Cl2N4O2S/c22-18(12-26(21(28)29)11-17-13-30-14-24-17)15-7-9-25(10-8-15)20-6-5-16-3-1-2-4-19(16)27(20)23/h1-6,13-15,18,20H,7-12H2,(H,28,29). The number of likely N-dealkylation sites (tertiary alicyclic amines) is 1. The summed E-state index contributed by atoms with van der Waals surface area (Å²) in [5.74, 6) is 0.267. The number of para-hydroxylation sites is 1. The Bertz CT molecular complexity index is 887. The van der Waals surface area contributed by atoms with E-state index in [1.807, 2.05) is 23.6 Å². The Balaban J connectivity index is 1.32. The maximum absolute atomic E-state index is 11.6. The lowest BCUT2D eigenvalue weighted by atomic mass is 9.92. The molecule has 1 aromatic carbocycles. The Morgan fingerprint density at radius 1 is 1.33 bits per heavy atom. The number of fused-ring (bicyclic) bond motifs is 1. The Labute approximate surface area is 190 Å². The third-order valence-corrected chi connectivity index (χ3v) is 7.32. The highest BCUT2D eigenvalue weighted by Crippen LogP contribution is 2.34. The summed E-state index contributed by atoms with van der Waals surface area (Å²) in [6.45, 7) is 2.31. The van der Waals surface area contributed by atoms with Crippen LogP contribution in [0.3, 0.4) is 0 Å². The molecule has 30 heavy (non-hydrogen) atoms. The van der Waals surface area contributed by atoms with Crippen LogP contribution in [0.1, 0.15) is 24.1 Å². The van der Waals surface area contributed by atoms with Crippen LogP contribution in [0, 0.1) is 5.92 Å². The zero-order chi connectivity index (χ0) is 21.1. The van der Waals surface area contributed by atoms with Crippen LogP contribution in [0.5, 0.6) is 0 Å². The molecule has 1 fully saturated rings. The Hall–Kier alpha value is -1.80. The molecule has 3 heterocycles. The van der Waals surface area contributed by atoms with Gasteiger partial charge in [0, 0.05) is 36.8 Å². The average molecular weight is 467 g/mol. The normalized spacial score (nSPS) is 20.7. The molecular formula is C21H24Cl2N4O2S. The lowest BCUT2D eigenvalue weighted by Crippen LogP contribution is -2.49. The van der Waals surface area contributed by atoms with E-state index in [4.69, 9.17) is 23.4 Å². The molecule has 4 rings (SSSR count). The average Bonchev–Trinajstić information content (AvgIpc) is 3.27. The van der Waals surface area contributed by atoms with Gasteiger partial charge in [0.2, 0.25) is 0 Å². The molecule has 1 amide bonds. The number of hydrogen-bond acceptors (Lipinski definition) is 5. The van der Waals surface area contributed by atoms with Crippen LogP contribution in [0.2, 0.25) is 0 Å². The zero-order valence-corrected chi connectivity index (χ0v) is 18.7. The number of rotatable bonds is 6. The molecule has 2 aromatic rings. The van der Waals surface area contributed by atoms with E-state index in [1.165, 1.54) is 16.2 Å². The molecule has 1 saturated heterocycles. The molecule has 1 N–H and O–H groups in total. The molecule has 2 aliphatic heterocycles. The minimum Gasteiger partial charge on any atom is -0.465 e. The van der Waals surface area contributed by atoms with E-state index in [0.29, 0.717) is 6.54 Å². The quantitative estimate of drug-likeness (QED) is 0.481. The number of hydrogen-bond donors (Lipinski definition) is 1. The van der Waals surface area contributed by atoms with Crippen molar-refractivity contribution in [2.45, 2.75) is 30.9 Å². The van der Waals surface area contributed by atoms with Crippen molar-refractivity contribution in [3.63, 3.8) is 0 Å². The van der Waals surface area contributed by atoms with Crippen molar-refractivity contribution in [1.29, 1.82) is 0 Å². The van der Waals surface area contributed by atoms with Gasteiger partial charge in [0.25, 0.3) is 0 Å². The lowest BCUT2D eigenvalue weighted by Gasteiger charge is -2.42. The number of piperidine rings is 1. The van der Waals surface area contributed by atoms with Crippen LogP contribution < -0.4 is 4.42 Å². The van der Waals surface area contributed by atoms with Crippen LogP contribution in [-0.4, -0.2) is 57.2 Å². The third-order valence-electron chi connectivity index (χ3n) is 5.81. The number of anilines is 1. The minimum atomic E-state index is -0.963. The highest BCUT2D eigenvalue weighted by Gasteiger charge is 2.33. The molecule has 0 radical (unpaired) electrons. The number of aromatic nitrogens is 1. The highest BCUT2D eigenvalue weighted by atomic mass is 35.5. The molecular weight excluding hydrogens is 443 g/mol. The van der Waals surface area contributed by atoms with Crippen molar-refractivity contribution >= 4 is 52.6 Å². The Kier molecular flexibility index (Phi) is 6.83. The molecule has 0 bridgehead atoms. The minimum absolute atomic E-state index is 0.0106. The fourth-order valence-corrected chi connectivity index (χ4v) is 5.43. The van der Waals surface area contributed by atoms with E-state index in [9.17, 15) is 9.90 Å². The molecule has 2 unspecified atom stereocenters. The monoisotopic (exact) mass is 466 g/mol. The highest BCUT2D eigenvalue weighted by molar-refractivity contribution is 7.07. The Morgan fingerprint density at radius 3 is 2.80 bits per heavy atom. The molecule has 2 atom stereocenters. The van der Waals surface area contributed by atoms with E-state index < -0.39 is 6.09 Å². The summed E-state index contributed by atoms with van der Waals surface area (Å²) in [5.41, 5.74) is 4.60. The first kappa shape index (κ1) is 21.4. The van der Waals surface area contributed by atoms with Gasteiger partial charge in [0.15, 0.2) is 0 Å². The number of alkyl halides is 1. The van der Waals surface area contributed by atoms with Gasteiger partial charge in [-0.25, -0.2) is 9.78 Å². The summed E-state index contributed by atoms with van der Waals surface area (Å²) in [6.07, 6.45) is 5.13. The lowest BCUT2D eigenvalue weighted by molar-refractivity contribution is 0.126. The van der Waals surface area contributed by atoms with Crippen molar-refractivity contribution in [3.8, 4) is 0 Å². The largest absolute Gasteiger partial charge is 0.465 e. The predicted octanol–water partition coefficient (Wildman–Crippen LogP) is 4.96. The fourth-order valence-electron chi connectivity index (χ4n) is 4.12. The second kappa shape index (κ2) is 9.56. The molecule has 160 valence electrons. The van der Waals surface area contributed by atoms with E-state index in [-0.39, 0.29) is 24.0 Å². The first-order valence-electron chi connectivity index (χ1n) is 9.98. The van der Waals surface area contributed by atoms with Crippen molar-refractivity contribution in [2.75, 3.05) is 24.1 Å². The molecule has 9 heteroatoms. The second-order valence-corrected chi connectivity index (χ2v) is 9.32. The van der Waals surface area contributed by atoms with Crippen LogP contribution in [-0.2, 0) is 6.54 Å². The summed E-state index contributed by atoms with van der Waals surface area (Å²) in [5, 5.41) is 11.2. The number of carbonyl (C=O) groups is 1. The third kappa shape index (κ3) is 4.75. The molecule has 2 aliphatic rings. The summed E-state index contributed by atoms with van der Waals surface area (Å²) in [6, 6.07) is 8.09. The van der Waals surface area contributed by atoms with Gasteiger partial charge in [-0.1, -0.05) is 24.3 Å². The van der Waals surface area contributed by atoms with Crippen LogP contribution in [0.4, 0.5) is 10.5 Å². The number of amides is 1. The van der Waals surface area contributed by atoms with Gasteiger partial charge in [0.1, 0.15) is 6.17 Å². The van der Waals surface area contributed by atoms with Crippen LogP contribution >= 0.6 is 34.7 Å². The Morgan fingerprint density at radius 2 is 2.10 bits per heavy atom. The maximum Gasteiger partial charge on any atom is 0.407 e. The first-order chi connectivity index (χ1) is 14.5. The predicted molar refractivity (Wildman–Crippen MR) is 122 cm³/mol. The number of halogens is 2. The molecule has 1 aromatic heterocycles. The fraction of sp³-hybridized carbons (Fsp3) is 0.429. The van der Waals surface area contributed by atoms with Gasteiger partial charge < -0.3 is 10.0 Å². The van der Waals surface area contributed by atoms with Crippen molar-refractivity contribution in [3.05, 3.63) is 52.5 Å². The smallest absolute Gasteiger partial charge is 0.407 e. The summed E-state index contributed by atoms with van der Waals surface area (Å²) in [4.78, 5) is 19.5. The van der Waals surface area contributed by atoms with E-state index in [1.54, 1.807) is 9.93 Å². The van der Waals surface area contributed by atoms with Crippen LogP contribution in [0.15, 0.2) is 41.2 Å². The number of thiazole rings is 1. The zero-order valence-electron chi connectivity index (χ0n) is 16.4. The van der Waals surface area contributed by atoms with E-state index in [0.717, 1.165) is 42.9 Å². The summed E-state index contributed by atoms with van der Waals surface area (Å²) >= 11 is 14.8. The SMILES string of the molecule is O=C(O)N(Cc1cscn1)CC(Cl)C1CCN(C2C=Cc3ccccc3N2Cl)CC1. The molecule has 0 spiro atoms. The van der Waals surface area contributed by atoms with Gasteiger partial charge in [-0.15, -0.1) is 22.9 Å². The van der Waals surface area contributed by atoms with Gasteiger partial charge >= 0.3 is 6.09 Å². The van der Waals surface area contributed by atoms with Gasteiger partial charge in [-0.2, -0.15) is 0 Å². The van der Waals surface area contributed by atoms with Gasteiger partial charge in [-0.05, 0) is 36.5 Å². The molecule has 0 saturated carbocycles. The number of carboxylic acid groups (broad SMARTS) is 1. The molecule has 6 nitrogen and oxygen atoms in total. The van der Waals surface area contributed by atoms with Crippen molar-refractivity contribution in [1.82, 2.24) is 14.8 Å².